The average molecular weight is 227 g/mol. The lowest BCUT2D eigenvalue weighted by Crippen LogP contribution is -2.28. The maximum atomic E-state index is 11.8. The Morgan fingerprint density at radius 3 is 2.73 bits per heavy atom. The molecule has 0 atom stereocenters. The van der Waals surface area contributed by atoms with E-state index < -0.39 is 0 Å². The van der Waals surface area contributed by atoms with Gasteiger partial charge in [0.1, 0.15) is 0 Å². The number of rotatable bonds is 4. The number of aliphatic hydroxyl groups is 1. The quantitative estimate of drug-likeness (QED) is 0.850. The molecule has 0 unspecified atom stereocenters. The maximum absolute atomic E-state index is 11.8. The average Bonchev–Trinajstić information content (AvgIpc) is 2.59. The minimum absolute atomic E-state index is 0.00292. The first-order valence-electron chi connectivity index (χ1n) is 5.05. The summed E-state index contributed by atoms with van der Waals surface area (Å²) in [4.78, 5) is 15.4. The van der Waals surface area contributed by atoms with Gasteiger partial charge in [0, 0.05) is 18.5 Å². The molecule has 0 saturated carbocycles. The predicted molar refractivity (Wildman–Crippen MR) is 62.5 cm³/mol. The molecule has 0 spiro atoms. The molecule has 0 aromatic carbocycles. The van der Waals surface area contributed by atoms with Crippen molar-refractivity contribution < 1.29 is 9.90 Å². The number of aryl methyl sites for hydroxylation is 2. The largest absolute Gasteiger partial charge is 0.395 e. The number of carbonyl (C=O) groups is 1. The van der Waals surface area contributed by atoms with Crippen molar-refractivity contribution in [2.45, 2.75) is 20.3 Å². The molecule has 0 aliphatic carbocycles. The first-order valence-corrected chi connectivity index (χ1v) is 5.87. The second-order valence-corrected chi connectivity index (χ2v) is 4.66. The molecule has 0 aliphatic rings. The lowest BCUT2D eigenvalue weighted by atomic mass is 10.2. The van der Waals surface area contributed by atoms with Gasteiger partial charge in [0.2, 0.25) is 0 Å². The molecular formula is C11H17NO2S. The molecule has 0 saturated heterocycles. The number of thiophene rings is 1. The van der Waals surface area contributed by atoms with E-state index in [1.807, 2.05) is 13.0 Å². The van der Waals surface area contributed by atoms with E-state index >= 15 is 0 Å². The summed E-state index contributed by atoms with van der Waals surface area (Å²) in [5, 5.41) is 8.75. The van der Waals surface area contributed by atoms with Crippen LogP contribution in [-0.2, 0) is 6.42 Å². The lowest BCUT2D eigenvalue weighted by Gasteiger charge is -2.13. The van der Waals surface area contributed by atoms with Gasteiger partial charge in [0.05, 0.1) is 11.5 Å². The zero-order chi connectivity index (χ0) is 11.4. The van der Waals surface area contributed by atoms with E-state index in [9.17, 15) is 4.79 Å². The van der Waals surface area contributed by atoms with Crippen LogP contribution in [0.4, 0.5) is 0 Å². The van der Waals surface area contributed by atoms with E-state index in [2.05, 4.69) is 6.92 Å². The molecule has 4 heteroatoms. The van der Waals surface area contributed by atoms with Crippen LogP contribution in [-0.4, -0.2) is 36.1 Å². The minimum Gasteiger partial charge on any atom is -0.395 e. The Bertz CT molecular complexity index is 346. The zero-order valence-electron chi connectivity index (χ0n) is 9.41. The van der Waals surface area contributed by atoms with Crippen LogP contribution in [0.15, 0.2) is 6.07 Å². The van der Waals surface area contributed by atoms with Crippen LogP contribution in [0, 0.1) is 6.92 Å². The molecule has 0 aliphatic heterocycles. The van der Waals surface area contributed by atoms with Crippen molar-refractivity contribution in [1.29, 1.82) is 0 Å². The number of amides is 1. The normalized spacial score (nSPS) is 10.4. The molecular weight excluding hydrogens is 210 g/mol. The molecule has 1 rings (SSSR count). The topological polar surface area (TPSA) is 40.5 Å². The Labute approximate surface area is 94.3 Å². The van der Waals surface area contributed by atoms with E-state index in [-0.39, 0.29) is 12.5 Å². The molecule has 1 aromatic rings. The number of hydrogen-bond acceptors (Lipinski definition) is 3. The van der Waals surface area contributed by atoms with Crippen molar-refractivity contribution in [3.05, 3.63) is 21.4 Å². The summed E-state index contributed by atoms with van der Waals surface area (Å²) in [6.45, 7) is 4.51. The standard InChI is InChI=1S/C11H17NO2S/c1-4-9-8(2)7-10(15-9)11(14)12(3)5-6-13/h7,13H,4-6H2,1-3H3. The Hall–Kier alpha value is -0.870. The third-order valence-electron chi connectivity index (χ3n) is 2.33. The summed E-state index contributed by atoms with van der Waals surface area (Å²) in [5.74, 6) is -0.00292. The van der Waals surface area contributed by atoms with E-state index in [0.717, 1.165) is 11.3 Å². The van der Waals surface area contributed by atoms with Crippen LogP contribution in [0.3, 0.4) is 0 Å². The highest BCUT2D eigenvalue weighted by atomic mass is 32.1. The molecule has 0 bridgehead atoms. The van der Waals surface area contributed by atoms with E-state index in [1.165, 1.54) is 10.4 Å². The smallest absolute Gasteiger partial charge is 0.263 e. The van der Waals surface area contributed by atoms with Crippen LogP contribution in [0.5, 0.6) is 0 Å². The van der Waals surface area contributed by atoms with Crippen molar-refractivity contribution in [2.24, 2.45) is 0 Å². The maximum Gasteiger partial charge on any atom is 0.263 e. The van der Waals surface area contributed by atoms with Crippen LogP contribution in [0.25, 0.3) is 0 Å². The van der Waals surface area contributed by atoms with Crippen molar-refractivity contribution >= 4 is 17.2 Å². The Morgan fingerprint density at radius 1 is 1.60 bits per heavy atom. The van der Waals surface area contributed by atoms with Gasteiger partial charge in [0.25, 0.3) is 5.91 Å². The first kappa shape index (κ1) is 12.2. The van der Waals surface area contributed by atoms with Gasteiger partial charge in [-0.2, -0.15) is 0 Å². The highest BCUT2D eigenvalue weighted by Gasteiger charge is 2.15. The fraction of sp³-hybridized carbons (Fsp3) is 0.545. The second-order valence-electron chi connectivity index (χ2n) is 3.52. The van der Waals surface area contributed by atoms with Gasteiger partial charge in [-0.25, -0.2) is 0 Å². The van der Waals surface area contributed by atoms with Crippen molar-refractivity contribution in [3.63, 3.8) is 0 Å². The highest BCUT2D eigenvalue weighted by Crippen LogP contribution is 2.23. The summed E-state index contributed by atoms with van der Waals surface area (Å²) in [7, 11) is 1.71. The molecule has 0 radical (unpaired) electrons. The van der Waals surface area contributed by atoms with Crippen molar-refractivity contribution in [2.75, 3.05) is 20.2 Å². The van der Waals surface area contributed by atoms with Gasteiger partial charge >= 0.3 is 0 Å². The number of nitrogens with zero attached hydrogens (tertiary/aromatic N) is 1. The van der Waals surface area contributed by atoms with Gasteiger partial charge in [0.15, 0.2) is 0 Å². The summed E-state index contributed by atoms with van der Waals surface area (Å²) in [6, 6.07) is 1.93. The number of hydrogen-bond donors (Lipinski definition) is 1. The van der Waals surface area contributed by atoms with Gasteiger partial charge in [-0.05, 0) is 25.0 Å². The summed E-state index contributed by atoms with van der Waals surface area (Å²) >= 11 is 1.55. The molecule has 3 nitrogen and oxygen atoms in total. The van der Waals surface area contributed by atoms with Gasteiger partial charge in [-0.15, -0.1) is 11.3 Å². The molecule has 1 heterocycles. The number of carbonyl (C=O) groups excluding carboxylic acids is 1. The van der Waals surface area contributed by atoms with Crippen LogP contribution in [0.2, 0.25) is 0 Å². The number of aliphatic hydroxyl groups excluding tert-OH is 1. The molecule has 84 valence electrons. The summed E-state index contributed by atoms with van der Waals surface area (Å²) in [6.07, 6.45) is 0.966. The molecule has 1 N–H and O–H groups in total. The zero-order valence-corrected chi connectivity index (χ0v) is 10.2. The number of likely N-dealkylation sites (N-methyl/N-ethyl adjacent to an activating group) is 1. The van der Waals surface area contributed by atoms with Crippen molar-refractivity contribution in [1.82, 2.24) is 4.90 Å². The van der Waals surface area contributed by atoms with Gasteiger partial charge in [-0.1, -0.05) is 6.92 Å². The van der Waals surface area contributed by atoms with E-state index in [4.69, 9.17) is 5.11 Å². The molecule has 1 amide bonds. The molecule has 0 fully saturated rings. The van der Waals surface area contributed by atoms with E-state index in [0.29, 0.717) is 6.54 Å². The Morgan fingerprint density at radius 2 is 2.27 bits per heavy atom. The fourth-order valence-electron chi connectivity index (χ4n) is 1.42. The predicted octanol–water partition coefficient (Wildman–Crippen LogP) is 1.68. The first-order chi connectivity index (χ1) is 7.10. The van der Waals surface area contributed by atoms with Gasteiger partial charge in [-0.3, -0.25) is 4.79 Å². The SMILES string of the molecule is CCc1sc(C(=O)N(C)CCO)cc1C. The van der Waals surface area contributed by atoms with Crippen LogP contribution >= 0.6 is 11.3 Å². The molecule has 1 aromatic heterocycles. The summed E-state index contributed by atoms with van der Waals surface area (Å²) < 4.78 is 0. The fourth-order valence-corrected chi connectivity index (χ4v) is 2.52. The van der Waals surface area contributed by atoms with E-state index in [1.54, 1.807) is 23.3 Å². The second kappa shape index (κ2) is 5.28. The third-order valence-corrected chi connectivity index (χ3v) is 3.70. The van der Waals surface area contributed by atoms with Crippen LogP contribution in [0.1, 0.15) is 27.0 Å². The third kappa shape index (κ3) is 2.79. The summed E-state index contributed by atoms with van der Waals surface area (Å²) in [5.41, 5.74) is 1.18. The minimum atomic E-state index is -0.00292. The highest BCUT2D eigenvalue weighted by molar-refractivity contribution is 7.14. The van der Waals surface area contributed by atoms with Crippen LogP contribution < -0.4 is 0 Å². The monoisotopic (exact) mass is 227 g/mol. The van der Waals surface area contributed by atoms with Crippen molar-refractivity contribution in [3.8, 4) is 0 Å². The Kier molecular flexibility index (Phi) is 4.29. The lowest BCUT2D eigenvalue weighted by molar-refractivity contribution is 0.0771. The van der Waals surface area contributed by atoms with Gasteiger partial charge < -0.3 is 10.0 Å². The Balaban J connectivity index is 2.82. The molecule has 15 heavy (non-hydrogen) atoms.